The van der Waals surface area contributed by atoms with Gasteiger partial charge in [-0.3, -0.25) is 0 Å². The molecule has 3 aromatic heterocycles. The first-order chi connectivity index (χ1) is 20.1. The lowest BCUT2D eigenvalue weighted by atomic mass is 10.1. The monoisotopic (exact) mass is 560 g/mol. The van der Waals surface area contributed by atoms with Crippen molar-refractivity contribution in [2.24, 2.45) is 14.1 Å². The van der Waals surface area contributed by atoms with Gasteiger partial charge < -0.3 is 4.74 Å². The molecule has 0 aliphatic rings. The molecule has 0 atom stereocenters. The average Bonchev–Trinajstić information content (AvgIpc) is 3.74. The van der Waals surface area contributed by atoms with Crippen LogP contribution < -0.4 is 13.9 Å². The Kier molecular flexibility index (Phi) is 9.71. The van der Waals surface area contributed by atoms with Gasteiger partial charge in [0.1, 0.15) is 30.5 Å². The topological polar surface area (TPSA) is 26.8 Å². The van der Waals surface area contributed by atoms with Gasteiger partial charge in [-0.25, -0.2) is 18.3 Å². The Labute approximate surface area is 247 Å². The SMILES string of the molecule is Cn1cc[n+](CCCCc2ccc(C#Cc3ccc(C#Cc4ccc(OCCC[n+]5ccn(C)c5)cc4)s3)cc2)c1. The van der Waals surface area contributed by atoms with Crippen LogP contribution in [0.15, 0.2) is 98.1 Å². The highest BCUT2D eigenvalue weighted by Gasteiger charge is 2.02. The van der Waals surface area contributed by atoms with Crippen molar-refractivity contribution in [1.29, 1.82) is 0 Å². The molecule has 0 N–H and O–H groups in total. The summed E-state index contributed by atoms with van der Waals surface area (Å²) < 4.78 is 14.4. The first-order valence-electron chi connectivity index (χ1n) is 14.1. The van der Waals surface area contributed by atoms with E-state index in [2.05, 4.69) is 99.9 Å². The van der Waals surface area contributed by atoms with Gasteiger partial charge >= 0.3 is 0 Å². The fraction of sp³-hybridized carbons (Fsp3) is 0.257. The molecule has 6 heteroatoms. The number of unbranched alkanes of at least 4 members (excludes halogenated alkanes) is 1. The van der Waals surface area contributed by atoms with Gasteiger partial charge in [-0.2, -0.15) is 0 Å². The van der Waals surface area contributed by atoms with Crippen molar-refractivity contribution >= 4 is 11.3 Å². The largest absolute Gasteiger partial charge is 0.493 e. The lowest BCUT2D eigenvalue weighted by molar-refractivity contribution is -0.697. The van der Waals surface area contributed by atoms with Crippen LogP contribution >= 0.6 is 11.3 Å². The average molecular weight is 561 g/mol. The third-order valence-electron chi connectivity index (χ3n) is 6.68. The standard InChI is InChI=1S/C35H36N4OS/c1-36-23-25-38(28-36)21-4-3-6-30-7-9-31(10-8-30)13-17-34-19-20-35(41-34)18-14-32-11-15-33(16-12-32)40-27-5-22-39-26-24-37(2)29-39/h7-12,15-16,19-20,23-26,28-29H,3-6,21-22,27H2,1-2H3/q+2. The van der Waals surface area contributed by atoms with E-state index in [1.165, 1.54) is 18.4 Å². The Morgan fingerprint density at radius 2 is 1.22 bits per heavy atom. The summed E-state index contributed by atoms with van der Waals surface area (Å²) >= 11 is 1.63. The number of hydrogen-bond donors (Lipinski definition) is 0. The van der Waals surface area contributed by atoms with E-state index in [9.17, 15) is 0 Å². The quantitative estimate of drug-likeness (QED) is 0.130. The van der Waals surface area contributed by atoms with Gasteiger partial charge in [-0.1, -0.05) is 35.8 Å². The van der Waals surface area contributed by atoms with Crippen molar-refractivity contribution in [1.82, 2.24) is 9.13 Å². The van der Waals surface area contributed by atoms with E-state index >= 15 is 0 Å². The Balaban J connectivity index is 1.05. The zero-order valence-corrected chi connectivity index (χ0v) is 24.6. The van der Waals surface area contributed by atoms with Crippen LogP contribution in [-0.4, -0.2) is 15.7 Å². The summed E-state index contributed by atoms with van der Waals surface area (Å²) in [4.78, 5) is 2.03. The molecule has 0 spiro atoms. The second-order valence-corrected chi connectivity index (χ2v) is 11.3. The van der Waals surface area contributed by atoms with Gasteiger partial charge in [0.15, 0.2) is 0 Å². The summed E-state index contributed by atoms with van der Waals surface area (Å²) in [6, 6.07) is 20.7. The Morgan fingerprint density at radius 1 is 0.659 bits per heavy atom. The van der Waals surface area contributed by atoms with Crippen LogP contribution in [0.25, 0.3) is 0 Å². The molecule has 0 bridgehead atoms. The number of rotatable bonds is 10. The number of aromatic nitrogens is 4. The predicted molar refractivity (Wildman–Crippen MR) is 163 cm³/mol. The minimum absolute atomic E-state index is 0.685. The molecule has 3 heterocycles. The molecule has 0 aliphatic carbocycles. The predicted octanol–water partition coefficient (Wildman–Crippen LogP) is 5.29. The fourth-order valence-corrected chi connectivity index (χ4v) is 5.17. The van der Waals surface area contributed by atoms with E-state index in [4.69, 9.17) is 4.74 Å². The van der Waals surface area contributed by atoms with Crippen LogP contribution in [0.3, 0.4) is 0 Å². The normalized spacial score (nSPS) is 10.5. The Hall–Kier alpha value is -4.52. The third-order valence-corrected chi connectivity index (χ3v) is 7.60. The molecule has 5 nitrogen and oxygen atoms in total. The molecule has 0 fully saturated rings. The summed E-state index contributed by atoms with van der Waals surface area (Å²) in [5, 5.41) is 0. The maximum atomic E-state index is 5.88. The molecule has 41 heavy (non-hydrogen) atoms. The van der Waals surface area contributed by atoms with Crippen LogP contribution in [0, 0.1) is 23.7 Å². The van der Waals surface area contributed by atoms with E-state index in [1.807, 2.05) is 54.2 Å². The number of nitrogens with zero attached hydrogens (tertiary/aromatic N) is 4. The van der Waals surface area contributed by atoms with Crippen molar-refractivity contribution in [2.45, 2.75) is 38.8 Å². The van der Waals surface area contributed by atoms with E-state index in [0.717, 1.165) is 52.6 Å². The molecule has 5 aromatic rings. The number of hydrogen-bond acceptors (Lipinski definition) is 2. The smallest absolute Gasteiger partial charge is 0.243 e. The van der Waals surface area contributed by atoms with Gasteiger partial charge in [0.2, 0.25) is 12.7 Å². The van der Waals surface area contributed by atoms with Gasteiger partial charge in [0.05, 0.1) is 43.5 Å². The molecule has 206 valence electrons. The second-order valence-electron chi connectivity index (χ2n) is 10.2. The molecule has 2 aromatic carbocycles. The number of benzene rings is 2. The number of aryl methyl sites for hydroxylation is 5. The molecular formula is C35H36N4OS+2. The molecule has 5 rings (SSSR count). The zero-order valence-electron chi connectivity index (χ0n) is 23.8. The molecule has 0 unspecified atom stereocenters. The summed E-state index contributed by atoms with van der Waals surface area (Å²) in [6.07, 6.45) is 16.9. The van der Waals surface area contributed by atoms with E-state index < -0.39 is 0 Å². The maximum absolute atomic E-state index is 5.88. The minimum Gasteiger partial charge on any atom is -0.493 e. The molecule has 0 aliphatic heterocycles. The van der Waals surface area contributed by atoms with Crippen molar-refractivity contribution in [3.63, 3.8) is 0 Å². The van der Waals surface area contributed by atoms with Crippen LogP contribution in [-0.2, 0) is 33.6 Å². The summed E-state index contributed by atoms with van der Waals surface area (Å²) in [5.41, 5.74) is 3.37. The Morgan fingerprint density at radius 3 is 1.78 bits per heavy atom. The highest BCUT2D eigenvalue weighted by Crippen LogP contribution is 2.16. The minimum atomic E-state index is 0.685. The first kappa shape index (κ1) is 28.0. The zero-order chi connectivity index (χ0) is 28.3. The maximum Gasteiger partial charge on any atom is 0.243 e. The second kappa shape index (κ2) is 14.2. The van der Waals surface area contributed by atoms with Gasteiger partial charge in [-0.15, -0.1) is 11.3 Å². The van der Waals surface area contributed by atoms with Gasteiger partial charge in [0.25, 0.3) is 0 Å². The molecule has 0 saturated carbocycles. The van der Waals surface area contributed by atoms with Gasteiger partial charge in [-0.05, 0) is 73.4 Å². The van der Waals surface area contributed by atoms with Crippen LogP contribution in [0.2, 0.25) is 0 Å². The van der Waals surface area contributed by atoms with E-state index in [1.54, 1.807) is 11.3 Å². The molecule has 0 radical (unpaired) electrons. The lowest BCUT2D eigenvalue weighted by Crippen LogP contribution is -2.31. The number of thiophene rings is 1. The molecule has 0 amide bonds. The van der Waals surface area contributed by atoms with E-state index in [-0.39, 0.29) is 0 Å². The fourth-order valence-electron chi connectivity index (χ4n) is 4.46. The summed E-state index contributed by atoms with van der Waals surface area (Å²) in [5.74, 6) is 14.0. The summed E-state index contributed by atoms with van der Waals surface area (Å²) in [6.45, 7) is 2.69. The number of imidazole rings is 2. The highest BCUT2D eigenvalue weighted by atomic mass is 32.1. The summed E-state index contributed by atoms with van der Waals surface area (Å²) in [7, 11) is 4.08. The first-order valence-corrected chi connectivity index (χ1v) is 14.9. The molecule has 0 saturated heterocycles. The highest BCUT2D eigenvalue weighted by molar-refractivity contribution is 7.13. The van der Waals surface area contributed by atoms with Crippen LogP contribution in [0.4, 0.5) is 0 Å². The van der Waals surface area contributed by atoms with Crippen LogP contribution in [0.1, 0.15) is 45.7 Å². The van der Waals surface area contributed by atoms with Crippen molar-refractivity contribution in [3.8, 4) is 29.4 Å². The third kappa shape index (κ3) is 9.00. The lowest BCUT2D eigenvalue weighted by Gasteiger charge is -2.05. The van der Waals surface area contributed by atoms with Crippen molar-refractivity contribution in [3.05, 3.63) is 125 Å². The van der Waals surface area contributed by atoms with Crippen LogP contribution in [0.5, 0.6) is 5.75 Å². The molecular weight excluding hydrogens is 524 g/mol. The van der Waals surface area contributed by atoms with Crippen molar-refractivity contribution in [2.75, 3.05) is 6.61 Å². The van der Waals surface area contributed by atoms with Crippen molar-refractivity contribution < 1.29 is 13.9 Å². The van der Waals surface area contributed by atoms with Gasteiger partial charge in [0, 0.05) is 17.5 Å². The Bertz CT molecular complexity index is 1540. The van der Waals surface area contributed by atoms with E-state index in [0.29, 0.717) is 6.61 Å². The number of ether oxygens (including phenoxy) is 1.